The summed E-state index contributed by atoms with van der Waals surface area (Å²) in [4.78, 5) is 29.5. The highest BCUT2D eigenvalue weighted by Gasteiger charge is 2.29. The SMILES string of the molecule is CC(C)Oc1ccc(C(=O)NC(C)(CCO)c2ccc(-c3cn4cccc(C(N)=O)c4n3)cc2)cc1C#N. The van der Waals surface area contributed by atoms with Crippen molar-refractivity contribution in [2.24, 2.45) is 5.73 Å². The van der Waals surface area contributed by atoms with Gasteiger partial charge < -0.3 is 25.3 Å². The van der Waals surface area contributed by atoms with Gasteiger partial charge in [0.05, 0.1) is 28.5 Å². The van der Waals surface area contributed by atoms with Gasteiger partial charge in [-0.15, -0.1) is 0 Å². The van der Waals surface area contributed by atoms with Crippen LogP contribution in [0.1, 0.15) is 59.0 Å². The molecule has 0 radical (unpaired) electrons. The molecule has 0 saturated carbocycles. The summed E-state index contributed by atoms with van der Waals surface area (Å²) < 4.78 is 7.39. The minimum Gasteiger partial charge on any atom is -0.490 e. The molecular weight excluding hydrogens is 482 g/mol. The lowest BCUT2D eigenvalue weighted by molar-refractivity contribution is 0.0886. The third kappa shape index (κ3) is 5.36. The number of hydrogen-bond acceptors (Lipinski definition) is 6. The van der Waals surface area contributed by atoms with Crippen molar-refractivity contribution in [1.82, 2.24) is 14.7 Å². The lowest BCUT2D eigenvalue weighted by Gasteiger charge is -2.31. The number of nitrogens with two attached hydrogens (primary N) is 1. The van der Waals surface area contributed by atoms with Gasteiger partial charge >= 0.3 is 0 Å². The molecule has 9 heteroatoms. The average molecular weight is 512 g/mol. The number of hydrogen-bond donors (Lipinski definition) is 3. The minimum absolute atomic E-state index is 0.108. The summed E-state index contributed by atoms with van der Waals surface area (Å²) in [5, 5.41) is 22.3. The predicted octanol–water partition coefficient (Wildman–Crippen LogP) is 3.79. The maximum atomic E-state index is 13.2. The van der Waals surface area contributed by atoms with E-state index in [1.165, 1.54) is 6.07 Å². The van der Waals surface area contributed by atoms with E-state index in [1.807, 2.05) is 51.2 Å². The summed E-state index contributed by atoms with van der Waals surface area (Å²) in [5.74, 6) is -0.512. The summed E-state index contributed by atoms with van der Waals surface area (Å²) >= 11 is 0. The Labute approximate surface area is 220 Å². The van der Waals surface area contributed by atoms with Crippen LogP contribution >= 0.6 is 0 Å². The quantitative estimate of drug-likeness (QED) is 0.312. The highest BCUT2D eigenvalue weighted by atomic mass is 16.5. The van der Waals surface area contributed by atoms with Crippen LogP contribution in [-0.4, -0.2) is 39.0 Å². The maximum absolute atomic E-state index is 13.2. The monoisotopic (exact) mass is 511 g/mol. The van der Waals surface area contributed by atoms with E-state index in [2.05, 4.69) is 16.4 Å². The second kappa shape index (κ2) is 10.7. The second-order valence-corrected chi connectivity index (χ2v) is 9.47. The third-order valence-corrected chi connectivity index (χ3v) is 6.29. The van der Waals surface area contributed by atoms with Gasteiger partial charge in [-0.1, -0.05) is 24.3 Å². The Morgan fingerprint density at radius 2 is 1.95 bits per heavy atom. The topological polar surface area (TPSA) is 143 Å². The number of nitriles is 1. The molecule has 9 nitrogen and oxygen atoms in total. The van der Waals surface area contributed by atoms with Crippen LogP contribution in [0, 0.1) is 11.3 Å². The molecular formula is C29H29N5O4. The molecule has 2 aromatic heterocycles. The number of ether oxygens (including phenoxy) is 1. The summed E-state index contributed by atoms with van der Waals surface area (Å²) in [7, 11) is 0. The van der Waals surface area contributed by atoms with Crippen molar-refractivity contribution in [1.29, 1.82) is 5.26 Å². The van der Waals surface area contributed by atoms with Crippen LogP contribution in [0.4, 0.5) is 0 Å². The number of carbonyl (C=O) groups excluding carboxylic acids is 2. The van der Waals surface area contributed by atoms with Crippen LogP contribution in [0.3, 0.4) is 0 Å². The Morgan fingerprint density at radius 1 is 1.21 bits per heavy atom. The van der Waals surface area contributed by atoms with Crippen molar-refractivity contribution in [3.05, 3.63) is 89.2 Å². The summed E-state index contributed by atoms with van der Waals surface area (Å²) in [6, 6.07) is 17.6. The average Bonchev–Trinajstić information content (AvgIpc) is 3.33. The van der Waals surface area contributed by atoms with Gasteiger partial charge in [0, 0.05) is 30.1 Å². The summed E-state index contributed by atoms with van der Waals surface area (Å²) in [6.45, 7) is 5.41. The van der Waals surface area contributed by atoms with Crippen molar-refractivity contribution < 1.29 is 19.4 Å². The fourth-order valence-electron chi connectivity index (χ4n) is 4.29. The Morgan fingerprint density at radius 3 is 2.58 bits per heavy atom. The molecule has 4 N–H and O–H groups in total. The number of carbonyl (C=O) groups is 2. The van der Waals surface area contributed by atoms with E-state index < -0.39 is 11.4 Å². The zero-order chi connectivity index (χ0) is 27.4. The second-order valence-electron chi connectivity index (χ2n) is 9.47. The Kier molecular flexibility index (Phi) is 7.46. The number of imidazole rings is 1. The van der Waals surface area contributed by atoms with E-state index in [0.717, 1.165) is 11.1 Å². The van der Waals surface area contributed by atoms with Gasteiger partial charge in [0.15, 0.2) is 0 Å². The first-order valence-corrected chi connectivity index (χ1v) is 12.2. The Hall–Kier alpha value is -4.68. The smallest absolute Gasteiger partial charge is 0.252 e. The highest BCUT2D eigenvalue weighted by Crippen LogP contribution is 2.29. The van der Waals surface area contributed by atoms with E-state index in [0.29, 0.717) is 28.2 Å². The molecule has 1 atom stereocenters. The van der Waals surface area contributed by atoms with Crippen LogP contribution in [0.25, 0.3) is 16.9 Å². The number of nitrogens with zero attached hydrogens (tertiary/aromatic N) is 3. The maximum Gasteiger partial charge on any atom is 0.252 e. The number of aliphatic hydroxyl groups excluding tert-OH is 1. The molecule has 2 amide bonds. The normalized spacial score (nSPS) is 12.6. The van der Waals surface area contributed by atoms with Crippen LogP contribution in [0.2, 0.25) is 0 Å². The number of primary amides is 1. The molecule has 2 aromatic carbocycles. The van der Waals surface area contributed by atoms with Gasteiger partial charge in [0.1, 0.15) is 17.5 Å². The standard InChI is InChI=1S/C29H29N5O4/c1-18(2)38-25-11-8-20(15-21(25)16-30)28(37)33-29(3,12-14-35)22-9-6-19(7-10-22)24-17-34-13-4-5-23(26(31)36)27(34)32-24/h4-11,13,15,17-18,35H,12,14H2,1-3H3,(H2,31,36)(H,33,37). The van der Waals surface area contributed by atoms with Crippen LogP contribution < -0.4 is 15.8 Å². The molecule has 0 fully saturated rings. The van der Waals surface area contributed by atoms with E-state index in [4.69, 9.17) is 10.5 Å². The number of rotatable bonds is 9. The summed E-state index contributed by atoms with van der Waals surface area (Å²) in [6.07, 6.45) is 3.77. The van der Waals surface area contributed by atoms with E-state index in [-0.39, 0.29) is 30.6 Å². The molecule has 4 rings (SSSR count). The van der Waals surface area contributed by atoms with Gasteiger partial charge in [-0.3, -0.25) is 9.59 Å². The number of fused-ring (bicyclic) bond motifs is 1. The first-order valence-electron chi connectivity index (χ1n) is 12.2. The first kappa shape index (κ1) is 26.4. The molecule has 0 bridgehead atoms. The zero-order valence-electron chi connectivity index (χ0n) is 21.4. The number of nitrogens with one attached hydrogen (secondary N) is 1. The van der Waals surface area contributed by atoms with Crippen LogP contribution in [0.15, 0.2) is 67.0 Å². The molecule has 1 unspecified atom stereocenters. The molecule has 38 heavy (non-hydrogen) atoms. The lowest BCUT2D eigenvalue weighted by Crippen LogP contribution is -2.44. The summed E-state index contributed by atoms with van der Waals surface area (Å²) in [5.41, 5.74) is 8.23. The molecule has 2 heterocycles. The molecule has 0 aliphatic carbocycles. The van der Waals surface area contributed by atoms with Gasteiger partial charge in [0.2, 0.25) is 0 Å². The zero-order valence-corrected chi connectivity index (χ0v) is 21.4. The van der Waals surface area contributed by atoms with Crippen molar-refractivity contribution in [2.75, 3.05) is 6.61 Å². The lowest BCUT2D eigenvalue weighted by atomic mass is 9.87. The molecule has 0 saturated heterocycles. The van der Waals surface area contributed by atoms with E-state index >= 15 is 0 Å². The van der Waals surface area contributed by atoms with Crippen LogP contribution in [0.5, 0.6) is 5.75 Å². The first-order chi connectivity index (χ1) is 18.1. The van der Waals surface area contributed by atoms with Gasteiger partial charge in [0.25, 0.3) is 11.8 Å². The predicted molar refractivity (Wildman–Crippen MR) is 143 cm³/mol. The number of benzene rings is 2. The van der Waals surface area contributed by atoms with Crippen LogP contribution in [-0.2, 0) is 5.54 Å². The van der Waals surface area contributed by atoms with Gasteiger partial charge in [-0.05, 0) is 63.1 Å². The fraction of sp³-hybridized carbons (Fsp3) is 0.241. The molecule has 0 aliphatic rings. The molecule has 0 aliphatic heterocycles. The van der Waals surface area contributed by atoms with Crippen molar-refractivity contribution >= 4 is 17.5 Å². The van der Waals surface area contributed by atoms with Crippen molar-refractivity contribution in [3.63, 3.8) is 0 Å². The largest absolute Gasteiger partial charge is 0.490 e. The number of aromatic nitrogens is 2. The Bertz CT molecular complexity index is 1540. The van der Waals surface area contributed by atoms with E-state index in [9.17, 15) is 20.0 Å². The fourth-order valence-corrected chi connectivity index (χ4v) is 4.29. The van der Waals surface area contributed by atoms with Gasteiger partial charge in [-0.25, -0.2) is 4.98 Å². The minimum atomic E-state index is -0.887. The third-order valence-electron chi connectivity index (χ3n) is 6.29. The molecule has 194 valence electrons. The van der Waals surface area contributed by atoms with E-state index in [1.54, 1.807) is 34.9 Å². The number of amides is 2. The van der Waals surface area contributed by atoms with Crippen molar-refractivity contribution in [3.8, 4) is 23.1 Å². The number of pyridine rings is 1. The molecule has 4 aromatic rings. The molecule has 0 spiro atoms. The van der Waals surface area contributed by atoms with Gasteiger partial charge in [-0.2, -0.15) is 5.26 Å². The van der Waals surface area contributed by atoms with Crippen molar-refractivity contribution in [2.45, 2.75) is 38.8 Å². The highest BCUT2D eigenvalue weighted by molar-refractivity contribution is 5.99. The Balaban J connectivity index is 1.60. The number of aliphatic hydroxyl groups is 1.